The van der Waals surface area contributed by atoms with Gasteiger partial charge in [0, 0.05) is 49.4 Å². The van der Waals surface area contributed by atoms with Gasteiger partial charge in [-0.15, -0.1) is 12.4 Å². The molecule has 0 amide bonds. The highest BCUT2D eigenvalue weighted by Crippen LogP contribution is 2.35. The molecule has 0 spiro atoms. The molecule has 0 saturated carbocycles. The van der Waals surface area contributed by atoms with Crippen molar-refractivity contribution in [2.24, 2.45) is 7.05 Å². The third-order valence-corrected chi connectivity index (χ3v) is 7.43. The molecule has 10 heteroatoms. The fourth-order valence-electron chi connectivity index (χ4n) is 4.85. The zero-order valence-electron chi connectivity index (χ0n) is 17.2. The van der Waals surface area contributed by atoms with Crippen molar-refractivity contribution in [2.45, 2.75) is 43.8 Å². The summed E-state index contributed by atoms with van der Waals surface area (Å²) in [6.07, 6.45) is 8.41. The molecule has 2 fully saturated rings. The third-order valence-electron chi connectivity index (χ3n) is 6.37. The molecule has 7 nitrogen and oxygen atoms in total. The van der Waals surface area contributed by atoms with Crippen molar-refractivity contribution < 1.29 is 4.39 Å². The molecule has 5 heterocycles. The van der Waals surface area contributed by atoms with Crippen LogP contribution in [0.25, 0.3) is 32.6 Å². The molecular formula is C21H23ClFN7S. The Hall–Kier alpha value is -2.36. The number of fused-ring (bicyclic) bond motifs is 4. The standard InChI is InChI=1S/C21H22FN7S.ClH/c1-28-10-12-5-11(6-16(22)18(12)27-28)19-23-9-17-20(26-19)30-21(25-17)29(2)15-7-13-3-4-14(8-15)24-13;/h5-6,9-10,13-15,24H,3-4,7-8H2,1-2H3;1H/t13-,14+,15-;. The number of aromatic nitrogens is 5. The lowest BCUT2D eigenvalue weighted by atomic mass is 9.99. The van der Waals surface area contributed by atoms with E-state index in [1.165, 1.54) is 18.9 Å². The van der Waals surface area contributed by atoms with E-state index in [0.717, 1.165) is 33.7 Å². The smallest absolute Gasteiger partial charge is 0.187 e. The zero-order chi connectivity index (χ0) is 20.4. The molecule has 6 rings (SSSR count). The molecule has 2 aliphatic rings. The van der Waals surface area contributed by atoms with Gasteiger partial charge in [0.15, 0.2) is 16.8 Å². The molecule has 1 N–H and O–H groups in total. The minimum absolute atomic E-state index is 0. The first-order valence-corrected chi connectivity index (χ1v) is 11.1. The quantitative estimate of drug-likeness (QED) is 0.500. The number of hydrogen-bond donors (Lipinski definition) is 1. The summed E-state index contributed by atoms with van der Waals surface area (Å²) < 4.78 is 16.1. The molecule has 0 radical (unpaired) electrons. The SMILES string of the molecule is CN(c1nc2cnc(-c3cc(F)c4nn(C)cc4c3)nc2s1)[C@@H]1C[C@H]2CC[C@@H](C1)N2.Cl. The highest BCUT2D eigenvalue weighted by atomic mass is 35.5. The molecule has 3 atom stereocenters. The number of piperidine rings is 1. The van der Waals surface area contributed by atoms with E-state index in [4.69, 9.17) is 9.97 Å². The number of anilines is 1. The van der Waals surface area contributed by atoms with E-state index >= 15 is 0 Å². The Morgan fingerprint density at radius 3 is 2.74 bits per heavy atom. The second-order valence-corrected chi connectivity index (χ2v) is 9.41. The molecular weight excluding hydrogens is 437 g/mol. The van der Waals surface area contributed by atoms with Crippen LogP contribution in [0.4, 0.5) is 9.52 Å². The average Bonchev–Trinajstić information content (AvgIpc) is 3.42. The molecule has 3 aromatic heterocycles. The predicted octanol–water partition coefficient (Wildman–Crippen LogP) is 3.92. The van der Waals surface area contributed by atoms with Gasteiger partial charge in [0.2, 0.25) is 0 Å². The minimum atomic E-state index is -0.364. The van der Waals surface area contributed by atoms with Crippen LogP contribution in [-0.4, -0.2) is 49.9 Å². The lowest BCUT2D eigenvalue weighted by Gasteiger charge is -2.35. The number of halogens is 2. The molecule has 31 heavy (non-hydrogen) atoms. The van der Waals surface area contributed by atoms with Crippen LogP contribution < -0.4 is 10.2 Å². The summed E-state index contributed by atoms with van der Waals surface area (Å²) in [7, 11) is 3.91. The average molecular weight is 460 g/mol. The third kappa shape index (κ3) is 3.54. The normalized spacial score (nSPS) is 22.7. The number of aryl methyl sites for hydroxylation is 1. The molecule has 2 saturated heterocycles. The highest BCUT2D eigenvalue weighted by Gasteiger charge is 2.35. The first-order chi connectivity index (χ1) is 14.5. The molecule has 0 aliphatic carbocycles. The Bertz CT molecular complexity index is 1260. The predicted molar refractivity (Wildman–Crippen MR) is 123 cm³/mol. The van der Waals surface area contributed by atoms with Crippen LogP contribution in [0.2, 0.25) is 0 Å². The van der Waals surface area contributed by atoms with E-state index in [0.29, 0.717) is 35.0 Å². The summed E-state index contributed by atoms with van der Waals surface area (Å²) >= 11 is 1.58. The van der Waals surface area contributed by atoms with Gasteiger partial charge in [0.05, 0.1) is 6.20 Å². The van der Waals surface area contributed by atoms with Crippen LogP contribution in [-0.2, 0) is 7.05 Å². The Kier molecular flexibility index (Phi) is 5.07. The molecule has 162 valence electrons. The molecule has 4 aromatic rings. The van der Waals surface area contributed by atoms with Crippen LogP contribution in [0.1, 0.15) is 25.7 Å². The summed E-state index contributed by atoms with van der Waals surface area (Å²) in [5.74, 6) is 0.141. The van der Waals surface area contributed by atoms with E-state index in [1.54, 1.807) is 35.5 Å². The fourth-order valence-corrected chi connectivity index (χ4v) is 5.80. The lowest BCUT2D eigenvalue weighted by molar-refractivity contribution is 0.354. The van der Waals surface area contributed by atoms with Crippen molar-refractivity contribution in [3.8, 4) is 11.4 Å². The number of rotatable bonds is 3. The molecule has 0 unspecified atom stereocenters. The van der Waals surface area contributed by atoms with Crippen LogP contribution in [0.3, 0.4) is 0 Å². The largest absolute Gasteiger partial charge is 0.348 e. The highest BCUT2D eigenvalue weighted by molar-refractivity contribution is 7.21. The minimum Gasteiger partial charge on any atom is -0.348 e. The van der Waals surface area contributed by atoms with Crippen LogP contribution in [0.15, 0.2) is 24.5 Å². The Morgan fingerprint density at radius 2 is 1.97 bits per heavy atom. The number of nitrogens with zero attached hydrogens (tertiary/aromatic N) is 6. The van der Waals surface area contributed by atoms with Gasteiger partial charge in [0.1, 0.15) is 15.9 Å². The van der Waals surface area contributed by atoms with Crippen LogP contribution in [0, 0.1) is 5.82 Å². The molecule has 2 aliphatic heterocycles. The summed E-state index contributed by atoms with van der Waals surface area (Å²) in [5, 5.41) is 9.56. The number of benzene rings is 1. The van der Waals surface area contributed by atoms with Crippen molar-refractivity contribution in [1.29, 1.82) is 0 Å². The van der Waals surface area contributed by atoms with Gasteiger partial charge >= 0.3 is 0 Å². The van der Waals surface area contributed by atoms with E-state index in [-0.39, 0.29) is 18.2 Å². The second-order valence-electron chi connectivity index (χ2n) is 8.45. The van der Waals surface area contributed by atoms with Crippen molar-refractivity contribution in [2.75, 3.05) is 11.9 Å². The first kappa shape index (κ1) is 20.5. The van der Waals surface area contributed by atoms with Gasteiger partial charge < -0.3 is 10.2 Å². The van der Waals surface area contributed by atoms with E-state index in [2.05, 4.69) is 27.3 Å². The van der Waals surface area contributed by atoms with E-state index in [9.17, 15) is 4.39 Å². The van der Waals surface area contributed by atoms with Gasteiger partial charge in [-0.1, -0.05) is 11.3 Å². The second kappa shape index (κ2) is 7.65. The van der Waals surface area contributed by atoms with Crippen molar-refractivity contribution >= 4 is 50.1 Å². The van der Waals surface area contributed by atoms with Crippen molar-refractivity contribution in [3.05, 3.63) is 30.3 Å². The number of hydrogen-bond acceptors (Lipinski definition) is 7. The van der Waals surface area contributed by atoms with E-state index in [1.807, 2.05) is 6.07 Å². The Balaban J connectivity index is 0.00000204. The summed E-state index contributed by atoms with van der Waals surface area (Å²) in [5.41, 5.74) is 1.79. The molecule has 2 bridgehead atoms. The summed E-state index contributed by atoms with van der Waals surface area (Å²) in [4.78, 5) is 17.1. The summed E-state index contributed by atoms with van der Waals surface area (Å²) in [6, 6.07) is 5.10. The van der Waals surface area contributed by atoms with E-state index < -0.39 is 0 Å². The maximum atomic E-state index is 14.5. The fraction of sp³-hybridized carbons (Fsp3) is 0.429. The maximum absolute atomic E-state index is 14.5. The lowest BCUT2D eigenvalue weighted by Crippen LogP contribution is -2.47. The maximum Gasteiger partial charge on any atom is 0.187 e. The van der Waals surface area contributed by atoms with Crippen molar-refractivity contribution in [3.63, 3.8) is 0 Å². The van der Waals surface area contributed by atoms with Gasteiger partial charge in [-0.2, -0.15) is 5.10 Å². The van der Waals surface area contributed by atoms with Gasteiger partial charge in [-0.3, -0.25) is 4.68 Å². The van der Waals surface area contributed by atoms with Gasteiger partial charge in [-0.25, -0.2) is 19.3 Å². The first-order valence-electron chi connectivity index (χ1n) is 10.3. The molecule has 1 aromatic carbocycles. The van der Waals surface area contributed by atoms with Gasteiger partial charge in [-0.05, 0) is 37.8 Å². The number of thiazole rings is 1. The van der Waals surface area contributed by atoms with Gasteiger partial charge in [0.25, 0.3) is 0 Å². The van der Waals surface area contributed by atoms with Crippen molar-refractivity contribution in [1.82, 2.24) is 30.0 Å². The number of nitrogens with one attached hydrogen (secondary N) is 1. The zero-order valence-corrected chi connectivity index (χ0v) is 18.9. The topological polar surface area (TPSA) is 71.8 Å². The summed E-state index contributed by atoms with van der Waals surface area (Å²) in [6.45, 7) is 0. The monoisotopic (exact) mass is 459 g/mol. The van der Waals surface area contributed by atoms with Crippen LogP contribution in [0.5, 0.6) is 0 Å². The van der Waals surface area contributed by atoms with Crippen LogP contribution >= 0.6 is 23.7 Å². The Morgan fingerprint density at radius 1 is 1.19 bits per heavy atom. The Labute approximate surface area is 189 Å².